The Labute approximate surface area is 204 Å². The summed E-state index contributed by atoms with van der Waals surface area (Å²) in [5, 5.41) is 17.0. The van der Waals surface area contributed by atoms with Gasteiger partial charge in [-0.05, 0) is 104 Å². The number of nitrogens with one attached hydrogen (secondary N) is 1. The van der Waals surface area contributed by atoms with E-state index in [-0.39, 0.29) is 17.1 Å². The highest BCUT2D eigenvalue weighted by molar-refractivity contribution is 6.30. The van der Waals surface area contributed by atoms with Crippen molar-refractivity contribution in [2.75, 3.05) is 5.32 Å². The first-order chi connectivity index (χ1) is 16.4. The van der Waals surface area contributed by atoms with Crippen LogP contribution in [0.4, 0.5) is 10.2 Å². The SMILES string of the molecule is C[C@]12CCC3c4ccc(Cl)cc4CCC3C1[C@H](CCCC(=O)Nc1ncccc1F)C/C2=N\O. The van der Waals surface area contributed by atoms with Crippen LogP contribution in [0.5, 0.6) is 0 Å². The molecule has 3 aliphatic carbocycles. The number of anilines is 1. The molecule has 0 saturated heterocycles. The molecule has 5 rings (SSSR count). The zero-order valence-electron chi connectivity index (χ0n) is 19.4. The van der Waals surface area contributed by atoms with E-state index in [4.69, 9.17) is 11.6 Å². The number of benzene rings is 1. The maximum absolute atomic E-state index is 13.8. The van der Waals surface area contributed by atoms with Crippen LogP contribution in [0.1, 0.15) is 68.9 Å². The second-order valence-corrected chi connectivity index (χ2v) is 10.9. The van der Waals surface area contributed by atoms with Crippen molar-refractivity contribution in [2.45, 2.75) is 64.2 Å². The standard InChI is InChI=1S/C27H31ClFN3O2/c1-27-12-11-20-19-10-8-18(28)14-16(19)7-9-21(20)25(27)17(15-23(27)32-34)4-2-6-24(33)31-26-22(29)5-3-13-30-26/h3,5,8,10,13-14,17,20-21,25,34H,2,4,6-7,9,11-12,15H2,1H3,(H,30,31,33)/b32-23+/t17-,20?,21?,25?,27-/m1/s1. The molecule has 0 bridgehead atoms. The number of rotatable bonds is 5. The molecule has 0 spiro atoms. The van der Waals surface area contributed by atoms with Gasteiger partial charge < -0.3 is 10.5 Å². The predicted molar refractivity (Wildman–Crippen MR) is 131 cm³/mol. The smallest absolute Gasteiger partial charge is 0.225 e. The number of carbonyl (C=O) groups is 1. The molecule has 7 heteroatoms. The lowest BCUT2D eigenvalue weighted by Crippen LogP contribution is -2.44. The van der Waals surface area contributed by atoms with Crippen molar-refractivity contribution in [3.05, 3.63) is 58.5 Å². The quantitative estimate of drug-likeness (QED) is 0.372. The Kier molecular flexibility index (Phi) is 6.36. The van der Waals surface area contributed by atoms with Crippen LogP contribution >= 0.6 is 11.6 Å². The van der Waals surface area contributed by atoms with Gasteiger partial charge >= 0.3 is 0 Å². The zero-order chi connectivity index (χ0) is 23.9. The van der Waals surface area contributed by atoms with Gasteiger partial charge in [-0.1, -0.05) is 29.7 Å². The number of hydrogen-bond acceptors (Lipinski definition) is 4. The fraction of sp³-hybridized carbons (Fsp3) is 0.519. The van der Waals surface area contributed by atoms with E-state index >= 15 is 0 Å². The van der Waals surface area contributed by atoms with Gasteiger partial charge in [-0.15, -0.1) is 0 Å². The number of amides is 1. The summed E-state index contributed by atoms with van der Waals surface area (Å²) >= 11 is 6.27. The van der Waals surface area contributed by atoms with E-state index in [1.165, 1.54) is 29.5 Å². The van der Waals surface area contributed by atoms with Crippen molar-refractivity contribution in [3.8, 4) is 0 Å². The minimum Gasteiger partial charge on any atom is -0.411 e. The fourth-order valence-electron chi connectivity index (χ4n) is 7.25. The maximum Gasteiger partial charge on any atom is 0.225 e. The summed E-state index contributed by atoms with van der Waals surface area (Å²) in [5.74, 6) is 1.07. The summed E-state index contributed by atoms with van der Waals surface area (Å²) in [6.07, 6.45) is 8.40. The van der Waals surface area contributed by atoms with Crippen LogP contribution in [0.25, 0.3) is 0 Å². The fourth-order valence-corrected chi connectivity index (χ4v) is 7.44. The number of hydrogen-bond donors (Lipinski definition) is 2. The van der Waals surface area contributed by atoms with E-state index < -0.39 is 5.82 Å². The molecule has 0 aliphatic heterocycles. The van der Waals surface area contributed by atoms with Gasteiger partial charge in [0, 0.05) is 23.1 Å². The van der Waals surface area contributed by atoms with Crippen molar-refractivity contribution in [1.82, 2.24) is 4.98 Å². The molecular weight excluding hydrogens is 453 g/mol. The summed E-state index contributed by atoms with van der Waals surface area (Å²) in [6.45, 7) is 2.27. The third kappa shape index (κ3) is 4.10. The topological polar surface area (TPSA) is 74.6 Å². The highest BCUT2D eigenvalue weighted by Crippen LogP contribution is 2.62. The second kappa shape index (κ2) is 9.29. The number of carbonyl (C=O) groups excluding carboxylic acids is 1. The number of nitrogens with zero attached hydrogens (tertiary/aromatic N) is 2. The Morgan fingerprint density at radius 3 is 3.00 bits per heavy atom. The van der Waals surface area contributed by atoms with Gasteiger partial charge in [0.05, 0.1) is 5.71 Å². The van der Waals surface area contributed by atoms with Gasteiger partial charge in [-0.25, -0.2) is 9.37 Å². The van der Waals surface area contributed by atoms with Crippen LogP contribution < -0.4 is 5.32 Å². The van der Waals surface area contributed by atoms with Gasteiger partial charge in [-0.3, -0.25) is 4.79 Å². The van der Waals surface area contributed by atoms with Crippen LogP contribution in [0.3, 0.4) is 0 Å². The summed E-state index contributed by atoms with van der Waals surface area (Å²) in [6, 6.07) is 9.12. The highest BCUT2D eigenvalue weighted by atomic mass is 35.5. The van der Waals surface area contributed by atoms with Crippen LogP contribution in [0.2, 0.25) is 5.02 Å². The highest BCUT2D eigenvalue weighted by Gasteiger charge is 2.57. The molecule has 2 N–H and O–H groups in total. The van der Waals surface area contributed by atoms with Crippen molar-refractivity contribution in [3.63, 3.8) is 0 Å². The van der Waals surface area contributed by atoms with Gasteiger partial charge in [0.2, 0.25) is 5.91 Å². The van der Waals surface area contributed by atoms with E-state index in [1.807, 2.05) is 6.07 Å². The Bertz CT molecular complexity index is 1120. The van der Waals surface area contributed by atoms with Crippen LogP contribution in [0.15, 0.2) is 41.7 Å². The first kappa shape index (κ1) is 23.3. The first-order valence-corrected chi connectivity index (χ1v) is 12.7. The predicted octanol–water partition coefficient (Wildman–Crippen LogP) is 6.60. The summed E-state index contributed by atoms with van der Waals surface area (Å²) in [5.41, 5.74) is 3.64. The Balaban J connectivity index is 1.30. The number of aryl methyl sites for hydroxylation is 1. The van der Waals surface area contributed by atoms with Crippen molar-refractivity contribution < 1.29 is 14.4 Å². The lowest BCUT2D eigenvalue weighted by Gasteiger charge is -2.50. The first-order valence-electron chi connectivity index (χ1n) is 12.3. The summed E-state index contributed by atoms with van der Waals surface area (Å²) in [7, 11) is 0. The molecule has 2 saturated carbocycles. The van der Waals surface area contributed by atoms with Crippen molar-refractivity contribution >= 4 is 29.0 Å². The molecule has 1 aromatic heterocycles. The van der Waals surface area contributed by atoms with Crippen LogP contribution in [-0.4, -0.2) is 21.8 Å². The van der Waals surface area contributed by atoms with Crippen LogP contribution in [-0.2, 0) is 11.2 Å². The van der Waals surface area contributed by atoms with Crippen molar-refractivity contribution in [1.29, 1.82) is 0 Å². The number of aromatic nitrogens is 1. The lowest BCUT2D eigenvalue weighted by atomic mass is 9.54. The van der Waals surface area contributed by atoms with Gasteiger partial charge in [0.25, 0.3) is 0 Å². The zero-order valence-corrected chi connectivity index (χ0v) is 20.2. The molecular formula is C27H31ClFN3O2. The molecule has 3 unspecified atom stereocenters. The van der Waals surface area contributed by atoms with Crippen LogP contribution in [0, 0.1) is 29.0 Å². The minimum absolute atomic E-state index is 0.0215. The second-order valence-electron chi connectivity index (χ2n) is 10.4. The van der Waals surface area contributed by atoms with Crippen molar-refractivity contribution in [2.24, 2.45) is 28.3 Å². The number of oxime groups is 1. The monoisotopic (exact) mass is 483 g/mol. The number of halogens is 2. The molecule has 5 atom stereocenters. The average Bonchev–Trinajstić information content (AvgIpc) is 3.11. The number of pyridine rings is 1. The molecule has 3 aliphatic rings. The van der Waals surface area contributed by atoms with Gasteiger partial charge in [0.1, 0.15) is 0 Å². The normalized spacial score (nSPS) is 31.0. The molecule has 1 heterocycles. The van der Waals surface area contributed by atoms with E-state index in [1.54, 1.807) is 0 Å². The lowest BCUT2D eigenvalue weighted by molar-refractivity contribution is -0.116. The summed E-state index contributed by atoms with van der Waals surface area (Å²) in [4.78, 5) is 16.3. The molecule has 0 radical (unpaired) electrons. The Hall–Kier alpha value is -2.47. The summed E-state index contributed by atoms with van der Waals surface area (Å²) < 4.78 is 13.8. The molecule has 5 nitrogen and oxygen atoms in total. The molecule has 1 amide bonds. The molecule has 2 fully saturated rings. The Morgan fingerprint density at radius 2 is 2.21 bits per heavy atom. The third-order valence-electron chi connectivity index (χ3n) is 8.68. The number of fused-ring (bicyclic) bond motifs is 5. The van der Waals surface area contributed by atoms with Gasteiger partial charge in [0.15, 0.2) is 11.6 Å². The Morgan fingerprint density at radius 1 is 1.35 bits per heavy atom. The van der Waals surface area contributed by atoms with E-state index in [0.29, 0.717) is 36.5 Å². The van der Waals surface area contributed by atoms with E-state index in [0.717, 1.165) is 49.3 Å². The van der Waals surface area contributed by atoms with E-state index in [2.05, 4.69) is 34.5 Å². The molecule has 34 heavy (non-hydrogen) atoms. The molecule has 1 aromatic carbocycles. The average molecular weight is 484 g/mol. The molecule has 2 aromatic rings. The van der Waals surface area contributed by atoms with E-state index in [9.17, 15) is 14.4 Å². The maximum atomic E-state index is 13.8. The van der Waals surface area contributed by atoms with Gasteiger partial charge in [-0.2, -0.15) is 0 Å². The molecule has 180 valence electrons. The largest absolute Gasteiger partial charge is 0.411 e. The minimum atomic E-state index is -0.529. The third-order valence-corrected chi connectivity index (χ3v) is 8.91.